The van der Waals surface area contributed by atoms with E-state index < -0.39 is 19.0 Å². The Bertz CT molecular complexity index is 137. The molecule has 1 N–H and O–H groups in total. The summed E-state index contributed by atoms with van der Waals surface area (Å²) >= 11 is 0. The van der Waals surface area contributed by atoms with Crippen molar-refractivity contribution < 1.29 is 13.6 Å². The van der Waals surface area contributed by atoms with Crippen LogP contribution in [0.2, 0.25) is 0 Å². The Morgan fingerprint density at radius 3 is 2.25 bits per heavy atom. The second kappa shape index (κ2) is 5.74. The first-order valence-electron chi connectivity index (χ1n) is 3.92. The number of halogens is 2. The summed E-state index contributed by atoms with van der Waals surface area (Å²) in [5.41, 5.74) is 0. The van der Waals surface area contributed by atoms with E-state index in [9.17, 15) is 13.6 Å². The van der Waals surface area contributed by atoms with Crippen LogP contribution < -0.4 is 5.32 Å². The first-order chi connectivity index (χ1) is 5.61. The standard InChI is InChI=1S/C7H14F2N2O/c1-3-11(4-2)7(12)10-5-6(8)9/h6H,3-5H2,1-2H3,(H,10,12). The number of urea groups is 1. The smallest absolute Gasteiger partial charge is 0.317 e. The second-order valence-corrected chi connectivity index (χ2v) is 2.25. The highest BCUT2D eigenvalue weighted by Crippen LogP contribution is 1.91. The van der Waals surface area contributed by atoms with Gasteiger partial charge in [0.2, 0.25) is 0 Å². The Labute approximate surface area is 70.7 Å². The summed E-state index contributed by atoms with van der Waals surface area (Å²) in [6.45, 7) is 4.09. The van der Waals surface area contributed by atoms with Gasteiger partial charge in [0.05, 0.1) is 6.54 Å². The molecule has 0 aromatic heterocycles. The molecule has 0 heterocycles. The molecule has 2 amide bonds. The number of carbonyl (C=O) groups excluding carboxylic acids is 1. The highest BCUT2D eigenvalue weighted by molar-refractivity contribution is 5.74. The zero-order valence-electron chi connectivity index (χ0n) is 7.31. The molecular formula is C7H14F2N2O. The van der Waals surface area contributed by atoms with Crippen molar-refractivity contribution in [2.45, 2.75) is 20.3 Å². The molecule has 0 rings (SSSR count). The van der Waals surface area contributed by atoms with Crippen LogP contribution in [-0.4, -0.2) is 37.0 Å². The van der Waals surface area contributed by atoms with Gasteiger partial charge in [0.1, 0.15) is 0 Å². The molecule has 0 aliphatic rings. The van der Waals surface area contributed by atoms with Crippen LogP contribution in [0.5, 0.6) is 0 Å². The Morgan fingerprint density at radius 1 is 1.42 bits per heavy atom. The average Bonchev–Trinajstić information content (AvgIpc) is 2.03. The molecule has 3 nitrogen and oxygen atoms in total. The van der Waals surface area contributed by atoms with Gasteiger partial charge >= 0.3 is 6.03 Å². The van der Waals surface area contributed by atoms with E-state index >= 15 is 0 Å². The molecule has 0 saturated carbocycles. The molecule has 12 heavy (non-hydrogen) atoms. The van der Waals surface area contributed by atoms with Gasteiger partial charge in [-0.3, -0.25) is 0 Å². The minimum Gasteiger partial charge on any atom is -0.332 e. The number of rotatable bonds is 4. The predicted molar refractivity (Wildman–Crippen MR) is 42.3 cm³/mol. The summed E-state index contributed by atoms with van der Waals surface area (Å²) in [6.07, 6.45) is -2.48. The number of nitrogens with zero attached hydrogens (tertiary/aromatic N) is 1. The van der Waals surface area contributed by atoms with Crippen molar-refractivity contribution >= 4 is 6.03 Å². The third-order valence-corrected chi connectivity index (χ3v) is 1.46. The quantitative estimate of drug-likeness (QED) is 0.695. The summed E-state index contributed by atoms with van der Waals surface area (Å²) in [7, 11) is 0. The van der Waals surface area contributed by atoms with Crippen LogP contribution in [0, 0.1) is 0 Å². The van der Waals surface area contributed by atoms with E-state index in [1.807, 2.05) is 0 Å². The fourth-order valence-corrected chi connectivity index (χ4v) is 0.787. The Balaban J connectivity index is 3.69. The van der Waals surface area contributed by atoms with Crippen molar-refractivity contribution in [3.05, 3.63) is 0 Å². The number of alkyl halides is 2. The fourth-order valence-electron chi connectivity index (χ4n) is 0.787. The van der Waals surface area contributed by atoms with Gasteiger partial charge in [0.15, 0.2) is 0 Å². The average molecular weight is 180 g/mol. The molecule has 0 unspecified atom stereocenters. The van der Waals surface area contributed by atoms with Crippen molar-refractivity contribution in [3.63, 3.8) is 0 Å². The van der Waals surface area contributed by atoms with E-state index in [-0.39, 0.29) is 0 Å². The molecule has 72 valence electrons. The van der Waals surface area contributed by atoms with E-state index in [0.717, 1.165) is 0 Å². The van der Waals surface area contributed by atoms with Gasteiger partial charge in [-0.1, -0.05) is 0 Å². The monoisotopic (exact) mass is 180 g/mol. The number of hydrogen-bond donors (Lipinski definition) is 1. The lowest BCUT2D eigenvalue weighted by Crippen LogP contribution is -2.41. The maximum Gasteiger partial charge on any atom is 0.317 e. The highest BCUT2D eigenvalue weighted by Gasteiger charge is 2.10. The minimum atomic E-state index is -2.48. The summed E-state index contributed by atoms with van der Waals surface area (Å²) < 4.78 is 23.3. The molecule has 0 aliphatic heterocycles. The highest BCUT2D eigenvalue weighted by atomic mass is 19.3. The zero-order valence-corrected chi connectivity index (χ0v) is 7.31. The van der Waals surface area contributed by atoms with Crippen molar-refractivity contribution in [1.29, 1.82) is 0 Å². The topological polar surface area (TPSA) is 32.3 Å². The van der Waals surface area contributed by atoms with E-state index in [0.29, 0.717) is 13.1 Å². The van der Waals surface area contributed by atoms with E-state index in [4.69, 9.17) is 0 Å². The number of carbonyl (C=O) groups is 1. The zero-order chi connectivity index (χ0) is 9.56. The lowest BCUT2D eigenvalue weighted by molar-refractivity contribution is 0.140. The van der Waals surface area contributed by atoms with Gasteiger partial charge in [0.25, 0.3) is 6.43 Å². The predicted octanol–water partition coefficient (Wildman–Crippen LogP) is 1.30. The van der Waals surface area contributed by atoms with Gasteiger partial charge in [-0.25, -0.2) is 13.6 Å². The Hall–Kier alpha value is -0.870. The van der Waals surface area contributed by atoms with Crippen LogP contribution in [0.3, 0.4) is 0 Å². The Kier molecular flexibility index (Phi) is 5.32. The molecule has 0 atom stereocenters. The van der Waals surface area contributed by atoms with Crippen molar-refractivity contribution in [3.8, 4) is 0 Å². The molecule has 0 aromatic carbocycles. The molecule has 0 saturated heterocycles. The third-order valence-electron chi connectivity index (χ3n) is 1.46. The van der Waals surface area contributed by atoms with Gasteiger partial charge in [-0.15, -0.1) is 0 Å². The third kappa shape index (κ3) is 4.10. The molecule has 0 bridgehead atoms. The van der Waals surface area contributed by atoms with Crippen LogP contribution >= 0.6 is 0 Å². The van der Waals surface area contributed by atoms with Gasteiger partial charge in [-0.2, -0.15) is 0 Å². The summed E-state index contributed by atoms with van der Waals surface area (Å²) in [5.74, 6) is 0. The fraction of sp³-hybridized carbons (Fsp3) is 0.857. The van der Waals surface area contributed by atoms with Crippen LogP contribution in [-0.2, 0) is 0 Å². The SMILES string of the molecule is CCN(CC)C(=O)NCC(F)F. The lowest BCUT2D eigenvalue weighted by atomic mass is 10.5. The first-order valence-corrected chi connectivity index (χ1v) is 3.92. The number of nitrogens with one attached hydrogen (secondary N) is 1. The molecule has 0 aromatic rings. The Morgan fingerprint density at radius 2 is 1.92 bits per heavy atom. The van der Waals surface area contributed by atoms with Crippen molar-refractivity contribution in [2.24, 2.45) is 0 Å². The minimum absolute atomic E-state index is 0.430. The largest absolute Gasteiger partial charge is 0.332 e. The van der Waals surface area contributed by atoms with Gasteiger partial charge in [-0.05, 0) is 13.8 Å². The first kappa shape index (κ1) is 11.1. The summed E-state index contributed by atoms with van der Waals surface area (Å²) in [6, 6.07) is -0.430. The molecule has 0 aliphatic carbocycles. The number of amides is 2. The van der Waals surface area contributed by atoms with Gasteiger partial charge < -0.3 is 10.2 Å². The normalized spacial score (nSPS) is 10.1. The number of hydrogen-bond acceptors (Lipinski definition) is 1. The van der Waals surface area contributed by atoms with E-state index in [1.165, 1.54) is 4.90 Å². The van der Waals surface area contributed by atoms with Crippen molar-refractivity contribution in [2.75, 3.05) is 19.6 Å². The molecule has 5 heteroatoms. The van der Waals surface area contributed by atoms with E-state index in [2.05, 4.69) is 5.32 Å². The molecule has 0 fully saturated rings. The lowest BCUT2D eigenvalue weighted by Gasteiger charge is -2.18. The second-order valence-electron chi connectivity index (χ2n) is 2.25. The maximum absolute atomic E-state index is 11.6. The van der Waals surface area contributed by atoms with Gasteiger partial charge in [0, 0.05) is 13.1 Å². The maximum atomic E-state index is 11.6. The molecule has 0 spiro atoms. The van der Waals surface area contributed by atoms with E-state index in [1.54, 1.807) is 13.8 Å². The van der Waals surface area contributed by atoms with Crippen molar-refractivity contribution in [1.82, 2.24) is 10.2 Å². The van der Waals surface area contributed by atoms with Crippen LogP contribution in [0.15, 0.2) is 0 Å². The summed E-state index contributed by atoms with van der Waals surface area (Å²) in [5, 5.41) is 2.12. The summed E-state index contributed by atoms with van der Waals surface area (Å²) in [4.78, 5) is 12.4. The van der Waals surface area contributed by atoms with Crippen LogP contribution in [0.1, 0.15) is 13.8 Å². The molecule has 0 radical (unpaired) electrons. The molecular weight excluding hydrogens is 166 g/mol. The van der Waals surface area contributed by atoms with Crippen LogP contribution in [0.25, 0.3) is 0 Å². The van der Waals surface area contributed by atoms with Crippen LogP contribution in [0.4, 0.5) is 13.6 Å².